The molecule has 50 heavy (non-hydrogen) atoms. The summed E-state index contributed by atoms with van der Waals surface area (Å²) in [5.41, 5.74) is 5.62. The zero-order chi connectivity index (χ0) is 34.7. The normalized spacial score (nSPS) is 15.2. The van der Waals surface area contributed by atoms with Gasteiger partial charge in [-0.2, -0.15) is 0 Å². The Labute approximate surface area is 294 Å². The van der Waals surface area contributed by atoms with E-state index in [1.165, 1.54) is 39.0 Å². The zero-order valence-electron chi connectivity index (χ0n) is 28.8. The first kappa shape index (κ1) is 34.8. The highest BCUT2D eigenvalue weighted by Gasteiger charge is 2.20. The average molecular weight is 676 g/mol. The van der Waals surface area contributed by atoms with Crippen molar-refractivity contribution in [1.82, 2.24) is 5.32 Å². The molecular formula is C42H45NO7. The SMILES string of the molecule is CCC(=C(c1ccc(OCC(CNCC2CCCCC2)OC(C)=O)cc1)c1ccc(OC(=O)c2ccccc2)cc1)c1ccc2c(c1)OCO2. The van der Waals surface area contributed by atoms with Gasteiger partial charge in [0.2, 0.25) is 6.79 Å². The van der Waals surface area contributed by atoms with Crippen LogP contribution in [0.2, 0.25) is 0 Å². The third kappa shape index (κ3) is 9.12. The lowest BCUT2D eigenvalue weighted by Crippen LogP contribution is -2.37. The fourth-order valence-electron chi connectivity index (χ4n) is 6.67. The van der Waals surface area contributed by atoms with Crippen LogP contribution in [0.5, 0.6) is 23.0 Å². The highest BCUT2D eigenvalue weighted by atomic mass is 16.7. The number of carbonyl (C=O) groups excluding carboxylic acids is 2. The van der Waals surface area contributed by atoms with Gasteiger partial charge < -0.3 is 29.0 Å². The number of ether oxygens (including phenoxy) is 5. The largest absolute Gasteiger partial charge is 0.490 e. The molecule has 0 bridgehead atoms. The quantitative estimate of drug-likeness (QED) is 0.0809. The molecule has 1 fully saturated rings. The Balaban J connectivity index is 1.22. The van der Waals surface area contributed by atoms with E-state index in [9.17, 15) is 9.59 Å². The maximum Gasteiger partial charge on any atom is 0.343 e. The number of fused-ring (bicyclic) bond motifs is 1. The summed E-state index contributed by atoms with van der Waals surface area (Å²) in [6.07, 6.45) is 6.78. The summed E-state index contributed by atoms with van der Waals surface area (Å²) >= 11 is 0. The molecule has 4 aromatic rings. The molecule has 1 aliphatic carbocycles. The molecule has 1 heterocycles. The minimum absolute atomic E-state index is 0.205. The van der Waals surface area contributed by atoms with E-state index in [2.05, 4.69) is 18.3 Å². The molecule has 6 rings (SSSR count). The lowest BCUT2D eigenvalue weighted by molar-refractivity contribution is -0.147. The van der Waals surface area contributed by atoms with Gasteiger partial charge in [-0.05, 0) is 108 Å². The summed E-state index contributed by atoms with van der Waals surface area (Å²) in [5.74, 6) is 2.55. The first-order valence-electron chi connectivity index (χ1n) is 17.6. The van der Waals surface area contributed by atoms with Crippen molar-refractivity contribution in [1.29, 1.82) is 0 Å². The summed E-state index contributed by atoms with van der Waals surface area (Å²) in [6, 6.07) is 30.5. The minimum Gasteiger partial charge on any atom is -0.490 e. The molecule has 1 atom stereocenters. The number of hydrogen-bond acceptors (Lipinski definition) is 8. The minimum atomic E-state index is -0.407. The highest BCUT2D eigenvalue weighted by molar-refractivity contribution is 5.99. The lowest BCUT2D eigenvalue weighted by Gasteiger charge is -2.24. The molecule has 1 saturated carbocycles. The van der Waals surface area contributed by atoms with Crippen LogP contribution in [0.25, 0.3) is 11.1 Å². The first-order valence-corrected chi connectivity index (χ1v) is 17.6. The van der Waals surface area contributed by atoms with Crippen molar-refractivity contribution in [2.24, 2.45) is 5.92 Å². The maximum absolute atomic E-state index is 12.7. The molecule has 0 aromatic heterocycles. The summed E-state index contributed by atoms with van der Waals surface area (Å²) in [7, 11) is 0. The third-order valence-electron chi connectivity index (χ3n) is 9.18. The number of esters is 2. The summed E-state index contributed by atoms with van der Waals surface area (Å²) < 4.78 is 28.7. The van der Waals surface area contributed by atoms with Crippen molar-refractivity contribution in [2.45, 2.75) is 58.5 Å². The standard InChI is InChI=1S/C42H45NO7/c1-3-38(34-18-23-39-40(24-34)48-28-47-39)41(32-16-21-36(22-17-32)50-42(45)33-12-8-5-9-13-33)31-14-19-35(20-15-31)46-27-37(49-29(2)44)26-43-25-30-10-6-4-7-11-30/h5,8-9,12-24,30,37,43H,3-4,6-7,10-11,25-28H2,1-2H3. The van der Waals surface area contributed by atoms with Crippen LogP contribution in [0.15, 0.2) is 97.1 Å². The van der Waals surface area contributed by atoms with Gasteiger partial charge in [0.1, 0.15) is 24.2 Å². The second kappa shape index (κ2) is 17.0. The van der Waals surface area contributed by atoms with E-state index in [1.807, 2.05) is 78.9 Å². The Kier molecular flexibility index (Phi) is 11.8. The monoisotopic (exact) mass is 675 g/mol. The van der Waals surface area contributed by atoms with Crippen molar-refractivity contribution < 1.29 is 33.3 Å². The molecule has 260 valence electrons. The number of hydrogen-bond donors (Lipinski definition) is 1. The molecule has 0 saturated heterocycles. The van der Waals surface area contributed by atoms with Crippen LogP contribution in [-0.4, -0.2) is 44.5 Å². The van der Waals surface area contributed by atoms with E-state index >= 15 is 0 Å². The van der Waals surface area contributed by atoms with Crippen molar-refractivity contribution in [3.05, 3.63) is 119 Å². The van der Waals surface area contributed by atoms with Crippen LogP contribution >= 0.6 is 0 Å². The Morgan fingerprint density at radius 3 is 2.12 bits per heavy atom. The molecule has 1 aliphatic heterocycles. The zero-order valence-corrected chi connectivity index (χ0v) is 28.8. The van der Waals surface area contributed by atoms with Crippen LogP contribution < -0.4 is 24.3 Å². The molecule has 0 radical (unpaired) electrons. The molecule has 8 nitrogen and oxygen atoms in total. The molecule has 0 spiro atoms. The van der Waals surface area contributed by atoms with Crippen molar-refractivity contribution in [3.8, 4) is 23.0 Å². The van der Waals surface area contributed by atoms with Crippen LogP contribution in [-0.2, 0) is 9.53 Å². The van der Waals surface area contributed by atoms with Gasteiger partial charge in [0, 0.05) is 13.5 Å². The topological polar surface area (TPSA) is 92.3 Å². The Morgan fingerprint density at radius 2 is 1.44 bits per heavy atom. The summed E-state index contributed by atoms with van der Waals surface area (Å²) in [4.78, 5) is 24.5. The number of allylic oxidation sites excluding steroid dienone is 1. The molecule has 0 amide bonds. The smallest absolute Gasteiger partial charge is 0.343 e. The van der Waals surface area contributed by atoms with Gasteiger partial charge in [-0.3, -0.25) is 4.79 Å². The van der Waals surface area contributed by atoms with Gasteiger partial charge in [0.05, 0.1) is 5.56 Å². The third-order valence-corrected chi connectivity index (χ3v) is 9.18. The van der Waals surface area contributed by atoms with Gasteiger partial charge in [-0.1, -0.05) is 74.7 Å². The molecule has 1 N–H and O–H groups in total. The summed E-state index contributed by atoms with van der Waals surface area (Å²) in [5, 5.41) is 3.50. The molecule has 4 aromatic carbocycles. The number of nitrogens with one attached hydrogen (secondary N) is 1. The van der Waals surface area contributed by atoms with Gasteiger partial charge >= 0.3 is 11.9 Å². The van der Waals surface area contributed by atoms with Crippen molar-refractivity contribution >= 4 is 23.1 Å². The van der Waals surface area contributed by atoms with E-state index in [0.29, 0.717) is 29.5 Å². The number of rotatable bonds is 14. The van der Waals surface area contributed by atoms with E-state index in [1.54, 1.807) is 12.1 Å². The average Bonchev–Trinajstić information content (AvgIpc) is 3.62. The molecule has 8 heteroatoms. The first-order chi connectivity index (χ1) is 24.5. The molecule has 1 unspecified atom stereocenters. The highest BCUT2D eigenvalue weighted by Crippen LogP contribution is 2.40. The van der Waals surface area contributed by atoms with Gasteiger partial charge in [0.15, 0.2) is 11.5 Å². The number of benzene rings is 4. The van der Waals surface area contributed by atoms with Gasteiger partial charge in [0.25, 0.3) is 0 Å². The van der Waals surface area contributed by atoms with E-state index in [-0.39, 0.29) is 19.4 Å². The Morgan fingerprint density at radius 1 is 0.780 bits per heavy atom. The van der Waals surface area contributed by atoms with Crippen LogP contribution in [0.4, 0.5) is 0 Å². The van der Waals surface area contributed by atoms with Crippen LogP contribution in [0.3, 0.4) is 0 Å². The van der Waals surface area contributed by atoms with Gasteiger partial charge in [-0.25, -0.2) is 4.79 Å². The van der Waals surface area contributed by atoms with Crippen LogP contribution in [0, 0.1) is 5.92 Å². The van der Waals surface area contributed by atoms with Crippen LogP contribution in [0.1, 0.15) is 79.4 Å². The second-order valence-electron chi connectivity index (χ2n) is 12.8. The Bertz CT molecular complexity index is 1760. The molecular weight excluding hydrogens is 630 g/mol. The number of carbonyl (C=O) groups is 2. The summed E-state index contributed by atoms with van der Waals surface area (Å²) in [6.45, 7) is 5.50. The molecule has 2 aliphatic rings. The van der Waals surface area contributed by atoms with E-state index < -0.39 is 12.1 Å². The van der Waals surface area contributed by atoms with Crippen molar-refractivity contribution in [2.75, 3.05) is 26.5 Å². The van der Waals surface area contributed by atoms with E-state index in [4.69, 9.17) is 23.7 Å². The predicted octanol–water partition coefficient (Wildman–Crippen LogP) is 8.48. The predicted molar refractivity (Wildman–Crippen MR) is 194 cm³/mol. The lowest BCUT2D eigenvalue weighted by atomic mass is 9.88. The Hall–Kier alpha value is -5.08. The van der Waals surface area contributed by atoms with E-state index in [0.717, 1.165) is 52.3 Å². The fraction of sp³-hybridized carbons (Fsp3) is 0.333. The van der Waals surface area contributed by atoms with Crippen molar-refractivity contribution in [3.63, 3.8) is 0 Å². The maximum atomic E-state index is 12.7. The fourth-order valence-corrected chi connectivity index (χ4v) is 6.67. The van der Waals surface area contributed by atoms with Gasteiger partial charge in [-0.15, -0.1) is 0 Å². The second-order valence-corrected chi connectivity index (χ2v) is 12.8.